The zero-order valence-corrected chi connectivity index (χ0v) is 17.1. The number of piperazine rings is 1. The summed E-state index contributed by atoms with van der Waals surface area (Å²) < 4.78 is 5.03. The molecule has 1 aliphatic rings. The molecule has 4 heterocycles. The Balaban J connectivity index is 1.42. The summed E-state index contributed by atoms with van der Waals surface area (Å²) in [4.78, 5) is 39.6. The second-order valence-corrected chi connectivity index (χ2v) is 7.18. The third-order valence-corrected chi connectivity index (χ3v) is 4.87. The number of hydrogen-bond acceptors (Lipinski definition) is 9. The van der Waals surface area contributed by atoms with Crippen molar-refractivity contribution in [3.05, 3.63) is 63.8 Å². The van der Waals surface area contributed by atoms with Gasteiger partial charge in [-0.3, -0.25) is 14.9 Å². The number of pyridine rings is 1. The molecule has 1 N–H and O–H groups in total. The maximum atomic E-state index is 12.6. The minimum Gasteiger partial charge on any atom is -0.395 e. The molecule has 0 aromatic carbocycles. The molecule has 1 amide bonds. The average Bonchev–Trinajstić information content (AvgIpc) is 3.24. The Labute approximate surface area is 177 Å². The van der Waals surface area contributed by atoms with Crippen molar-refractivity contribution in [3.8, 4) is 0 Å². The highest BCUT2D eigenvalue weighted by Gasteiger charge is 2.26. The van der Waals surface area contributed by atoms with E-state index in [9.17, 15) is 14.9 Å². The zero-order valence-electron chi connectivity index (χ0n) is 17.1. The Morgan fingerprint density at radius 3 is 2.55 bits per heavy atom. The Morgan fingerprint density at radius 1 is 1.10 bits per heavy atom. The van der Waals surface area contributed by atoms with E-state index in [0.29, 0.717) is 43.6 Å². The molecule has 31 heavy (non-hydrogen) atoms. The number of rotatable bonds is 5. The number of aromatic nitrogens is 3. The number of anilines is 3. The van der Waals surface area contributed by atoms with Gasteiger partial charge >= 0.3 is 5.88 Å². The molecule has 1 fully saturated rings. The number of nitrogens with zero attached hydrogens (tertiary/aromatic N) is 6. The number of furan rings is 1. The summed E-state index contributed by atoms with van der Waals surface area (Å²) in [5, 5.41) is 14.0. The molecule has 0 atom stereocenters. The molecule has 0 radical (unpaired) electrons. The highest BCUT2D eigenvalue weighted by atomic mass is 16.6. The van der Waals surface area contributed by atoms with Gasteiger partial charge in [0.15, 0.2) is 5.76 Å². The smallest absolute Gasteiger partial charge is 0.395 e. The number of nitrogens with one attached hydrogen (secondary N) is 1. The van der Waals surface area contributed by atoms with Gasteiger partial charge < -0.3 is 19.5 Å². The van der Waals surface area contributed by atoms with Crippen LogP contribution in [0.4, 0.5) is 23.3 Å². The summed E-state index contributed by atoms with van der Waals surface area (Å²) in [7, 11) is 0. The van der Waals surface area contributed by atoms with Crippen molar-refractivity contribution in [3.63, 3.8) is 0 Å². The van der Waals surface area contributed by atoms with Crippen LogP contribution in [0.25, 0.3) is 0 Å². The van der Waals surface area contributed by atoms with Crippen molar-refractivity contribution in [1.82, 2.24) is 19.9 Å². The molecule has 3 aromatic rings. The van der Waals surface area contributed by atoms with Crippen LogP contribution in [-0.4, -0.2) is 56.9 Å². The van der Waals surface area contributed by atoms with Gasteiger partial charge in [0.25, 0.3) is 5.91 Å². The fraction of sp³-hybridized carbons (Fsp3) is 0.300. The van der Waals surface area contributed by atoms with Crippen LogP contribution in [0.15, 0.2) is 40.9 Å². The van der Waals surface area contributed by atoms with Gasteiger partial charge in [-0.15, -0.1) is 0 Å². The van der Waals surface area contributed by atoms with Crippen LogP contribution in [0, 0.1) is 24.0 Å². The fourth-order valence-corrected chi connectivity index (χ4v) is 3.35. The molecule has 0 bridgehead atoms. The van der Waals surface area contributed by atoms with E-state index in [1.54, 1.807) is 11.1 Å². The lowest BCUT2D eigenvalue weighted by Crippen LogP contribution is -2.49. The molecule has 1 saturated heterocycles. The largest absolute Gasteiger partial charge is 0.433 e. The molecule has 1 aliphatic heterocycles. The summed E-state index contributed by atoms with van der Waals surface area (Å²) in [6.07, 6.45) is 1.73. The van der Waals surface area contributed by atoms with Crippen molar-refractivity contribution < 1.29 is 14.1 Å². The van der Waals surface area contributed by atoms with Gasteiger partial charge in [-0.1, -0.05) is 0 Å². The Kier molecular flexibility index (Phi) is 5.48. The minimum absolute atomic E-state index is 0.0322. The second-order valence-electron chi connectivity index (χ2n) is 7.18. The molecule has 0 unspecified atom stereocenters. The first-order chi connectivity index (χ1) is 14.9. The highest BCUT2D eigenvalue weighted by molar-refractivity contribution is 5.92. The molecule has 160 valence electrons. The maximum absolute atomic E-state index is 12.6. The molecule has 0 saturated carbocycles. The van der Waals surface area contributed by atoms with Crippen LogP contribution in [0.2, 0.25) is 0 Å². The fourth-order valence-electron chi connectivity index (χ4n) is 3.35. The topological polar surface area (TPSA) is 131 Å². The van der Waals surface area contributed by atoms with Crippen molar-refractivity contribution in [2.75, 3.05) is 36.4 Å². The lowest BCUT2D eigenvalue weighted by Gasteiger charge is -2.35. The summed E-state index contributed by atoms with van der Waals surface area (Å²) in [5.74, 6) is 1.88. The summed E-state index contributed by atoms with van der Waals surface area (Å²) in [6.45, 7) is 5.82. The summed E-state index contributed by atoms with van der Waals surface area (Å²) in [6, 6.07) is 8.22. The molecule has 0 spiro atoms. The van der Waals surface area contributed by atoms with Gasteiger partial charge in [0.2, 0.25) is 0 Å². The molecule has 11 nitrogen and oxygen atoms in total. The molecule has 0 aliphatic carbocycles. The van der Waals surface area contributed by atoms with Gasteiger partial charge in [0, 0.05) is 38.4 Å². The molecule has 3 aromatic heterocycles. The third-order valence-electron chi connectivity index (χ3n) is 4.87. The minimum atomic E-state index is -0.663. The van der Waals surface area contributed by atoms with Gasteiger partial charge in [-0.25, -0.2) is 15.0 Å². The van der Waals surface area contributed by atoms with E-state index in [0.717, 1.165) is 11.4 Å². The molecular weight excluding hydrogens is 402 g/mol. The predicted octanol–water partition coefficient (Wildman–Crippen LogP) is 2.70. The van der Waals surface area contributed by atoms with Gasteiger partial charge in [-0.2, -0.15) is 0 Å². The van der Waals surface area contributed by atoms with Crippen LogP contribution in [0.5, 0.6) is 0 Å². The first kappa shape index (κ1) is 20.3. The lowest BCUT2D eigenvalue weighted by molar-refractivity contribution is -0.402. The second kappa shape index (κ2) is 8.38. The Hall–Kier alpha value is -4.02. The lowest BCUT2D eigenvalue weighted by atomic mass is 10.2. The number of hydrogen-bond donors (Lipinski definition) is 1. The van der Waals surface area contributed by atoms with Crippen molar-refractivity contribution in [2.45, 2.75) is 13.8 Å². The predicted molar refractivity (Wildman–Crippen MR) is 113 cm³/mol. The van der Waals surface area contributed by atoms with E-state index in [-0.39, 0.29) is 11.7 Å². The van der Waals surface area contributed by atoms with E-state index in [1.165, 1.54) is 12.1 Å². The molecule has 4 rings (SSSR count). The Bertz CT molecular complexity index is 1120. The van der Waals surface area contributed by atoms with Crippen LogP contribution >= 0.6 is 0 Å². The van der Waals surface area contributed by atoms with Crippen molar-refractivity contribution in [2.24, 2.45) is 0 Å². The van der Waals surface area contributed by atoms with Gasteiger partial charge in [-0.05, 0) is 37.6 Å². The van der Waals surface area contributed by atoms with Crippen LogP contribution < -0.4 is 10.2 Å². The normalized spacial score (nSPS) is 13.9. The monoisotopic (exact) mass is 423 g/mol. The number of aryl methyl sites for hydroxylation is 2. The van der Waals surface area contributed by atoms with Gasteiger partial charge in [0.05, 0.1) is 6.07 Å². The van der Waals surface area contributed by atoms with E-state index in [4.69, 9.17) is 4.42 Å². The van der Waals surface area contributed by atoms with E-state index in [1.807, 2.05) is 32.0 Å². The highest BCUT2D eigenvalue weighted by Crippen LogP contribution is 2.22. The molecule has 11 heteroatoms. The summed E-state index contributed by atoms with van der Waals surface area (Å²) in [5.41, 5.74) is 1.09. The number of carbonyl (C=O) groups excluding carboxylic acids is 1. The van der Waals surface area contributed by atoms with E-state index < -0.39 is 10.8 Å². The first-order valence-corrected chi connectivity index (χ1v) is 9.73. The van der Waals surface area contributed by atoms with Crippen LogP contribution in [-0.2, 0) is 0 Å². The van der Waals surface area contributed by atoms with E-state index in [2.05, 4.69) is 25.2 Å². The van der Waals surface area contributed by atoms with E-state index >= 15 is 0 Å². The SMILES string of the molecule is Cc1ccnc(Nc2cc(N3CCN(C(=O)c4ccc([N+](=O)[O-])o4)CC3)nc(C)n2)c1. The quantitative estimate of drug-likeness (QED) is 0.486. The third kappa shape index (κ3) is 4.60. The maximum Gasteiger partial charge on any atom is 0.433 e. The van der Waals surface area contributed by atoms with Crippen molar-refractivity contribution >= 4 is 29.2 Å². The summed E-state index contributed by atoms with van der Waals surface area (Å²) >= 11 is 0. The Morgan fingerprint density at radius 2 is 1.87 bits per heavy atom. The number of carbonyl (C=O) groups is 1. The van der Waals surface area contributed by atoms with Gasteiger partial charge in [0.1, 0.15) is 28.2 Å². The zero-order chi connectivity index (χ0) is 22.0. The number of nitro groups is 1. The van der Waals surface area contributed by atoms with Crippen molar-refractivity contribution in [1.29, 1.82) is 0 Å². The molecular formula is C20H21N7O4. The average molecular weight is 423 g/mol. The standard InChI is InChI=1S/C20H21N7O4/c1-13-5-6-21-16(11-13)24-17-12-18(23-14(2)22-17)25-7-9-26(10-8-25)20(28)15-3-4-19(31-15)27(29)30/h3-6,11-12H,7-10H2,1-2H3,(H,21,22,23,24). The number of amides is 1. The van der Waals surface area contributed by atoms with Crippen LogP contribution in [0.3, 0.4) is 0 Å². The van der Waals surface area contributed by atoms with Crippen LogP contribution in [0.1, 0.15) is 21.9 Å². The first-order valence-electron chi connectivity index (χ1n) is 9.73.